The number of para-hydroxylation sites is 1. The Morgan fingerprint density at radius 2 is 2.00 bits per heavy atom. The number of aryl methyl sites for hydroxylation is 2. The van der Waals surface area contributed by atoms with Crippen LogP contribution in [0.15, 0.2) is 41.2 Å². The summed E-state index contributed by atoms with van der Waals surface area (Å²) in [5, 5.41) is 4.41. The van der Waals surface area contributed by atoms with Gasteiger partial charge in [0.2, 0.25) is 0 Å². The average Bonchev–Trinajstić information content (AvgIpc) is 3.00. The molecule has 1 aliphatic carbocycles. The summed E-state index contributed by atoms with van der Waals surface area (Å²) in [7, 11) is 1.71. The van der Waals surface area contributed by atoms with Crippen LogP contribution in [0.4, 0.5) is 5.69 Å². The highest BCUT2D eigenvalue weighted by atomic mass is 16.2. The molecule has 0 aliphatic heterocycles. The summed E-state index contributed by atoms with van der Waals surface area (Å²) >= 11 is 0. The molecule has 5 heteroatoms. The molecule has 114 valence electrons. The fraction of sp³-hybridized carbons (Fsp3) is 0.353. The summed E-state index contributed by atoms with van der Waals surface area (Å²) in [4.78, 5) is 26.4. The third-order valence-electron chi connectivity index (χ3n) is 4.18. The van der Waals surface area contributed by atoms with Crippen molar-refractivity contribution in [2.75, 3.05) is 11.9 Å². The van der Waals surface area contributed by atoms with Crippen molar-refractivity contribution < 1.29 is 4.79 Å². The maximum absolute atomic E-state index is 12.6. The Labute approximate surface area is 129 Å². The van der Waals surface area contributed by atoms with Crippen LogP contribution in [-0.4, -0.2) is 22.7 Å². The van der Waals surface area contributed by atoms with Crippen molar-refractivity contribution in [2.45, 2.75) is 32.2 Å². The predicted octanol–water partition coefficient (Wildman–Crippen LogP) is 1.96. The number of hydrogen-bond acceptors (Lipinski definition) is 3. The van der Waals surface area contributed by atoms with E-state index in [0.717, 1.165) is 36.2 Å². The SMILES string of the molecule is CC(C(=O)N(C)c1ccccc1)n1nc2c(cc1=O)CCC2. The zero-order valence-corrected chi connectivity index (χ0v) is 12.8. The molecular weight excluding hydrogens is 278 g/mol. The Kier molecular flexibility index (Phi) is 3.79. The lowest BCUT2D eigenvalue weighted by Gasteiger charge is -2.22. The standard InChI is InChI=1S/C17H19N3O2/c1-12(17(22)19(2)14-8-4-3-5-9-14)20-16(21)11-13-7-6-10-15(13)18-20/h3-5,8-9,11-12H,6-7,10H2,1-2H3. The number of likely N-dealkylation sites (N-methyl/N-ethyl adjacent to an activating group) is 1. The molecule has 1 unspecified atom stereocenters. The third kappa shape index (κ3) is 2.54. The summed E-state index contributed by atoms with van der Waals surface area (Å²) in [6.45, 7) is 1.72. The van der Waals surface area contributed by atoms with Crippen LogP contribution >= 0.6 is 0 Å². The average molecular weight is 297 g/mol. The Morgan fingerprint density at radius 1 is 1.27 bits per heavy atom. The highest BCUT2D eigenvalue weighted by Crippen LogP contribution is 2.19. The zero-order chi connectivity index (χ0) is 15.7. The fourth-order valence-corrected chi connectivity index (χ4v) is 2.86. The topological polar surface area (TPSA) is 55.2 Å². The van der Waals surface area contributed by atoms with Crippen LogP contribution in [0, 0.1) is 0 Å². The molecule has 1 amide bonds. The maximum atomic E-state index is 12.6. The first kappa shape index (κ1) is 14.5. The molecule has 1 aliphatic rings. The smallest absolute Gasteiger partial charge is 0.267 e. The molecule has 0 saturated carbocycles. The number of amides is 1. The van der Waals surface area contributed by atoms with Crippen molar-refractivity contribution >= 4 is 11.6 Å². The minimum Gasteiger partial charge on any atom is -0.314 e. The Hall–Kier alpha value is -2.43. The van der Waals surface area contributed by atoms with Gasteiger partial charge < -0.3 is 4.90 Å². The normalized spacial score (nSPS) is 14.5. The number of carbonyl (C=O) groups is 1. The van der Waals surface area contributed by atoms with E-state index >= 15 is 0 Å². The van der Waals surface area contributed by atoms with Gasteiger partial charge in [-0.3, -0.25) is 9.59 Å². The number of hydrogen-bond donors (Lipinski definition) is 0. The van der Waals surface area contributed by atoms with Crippen LogP contribution in [0.5, 0.6) is 0 Å². The number of fused-ring (bicyclic) bond motifs is 1. The van der Waals surface area contributed by atoms with Crippen LogP contribution < -0.4 is 10.5 Å². The highest BCUT2D eigenvalue weighted by molar-refractivity contribution is 5.95. The van der Waals surface area contributed by atoms with Gasteiger partial charge in [-0.25, -0.2) is 4.68 Å². The van der Waals surface area contributed by atoms with Gasteiger partial charge in [-0.05, 0) is 43.9 Å². The van der Waals surface area contributed by atoms with Gasteiger partial charge in [0.1, 0.15) is 6.04 Å². The van der Waals surface area contributed by atoms with E-state index in [2.05, 4.69) is 5.10 Å². The second-order valence-electron chi connectivity index (χ2n) is 5.66. The quantitative estimate of drug-likeness (QED) is 0.870. The molecule has 0 bridgehead atoms. The predicted molar refractivity (Wildman–Crippen MR) is 85.1 cm³/mol. The van der Waals surface area contributed by atoms with Crippen LogP contribution in [-0.2, 0) is 17.6 Å². The fourth-order valence-electron chi connectivity index (χ4n) is 2.86. The number of anilines is 1. The Morgan fingerprint density at radius 3 is 2.73 bits per heavy atom. The van der Waals surface area contributed by atoms with E-state index in [1.54, 1.807) is 24.9 Å². The van der Waals surface area contributed by atoms with Crippen LogP contribution in [0.2, 0.25) is 0 Å². The summed E-state index contributed by atoms with van der Waals surface area (Å²) in [5.41, 5.74) is 2.57. The van der Waals surface area contributed by atoms with Gasteiger partial charge in [0.15, 0.2) is 0 Å². The third-order valence-corrected chi connectivity index (χ3v) is 4.18. The van der Waals surface area contributed by atoms with Crippen LogP contribution in [0.3, 0.4) is 0 Å². The summed E-state index contributed by atoms with van der Waals surface area (Å²) in [5.74, 6) is -0.154. The molecule has 1 aromatic carbocycles. The van der Waals surface area contributed by atoms with E-state index < -0.39 is 6.04 Å². The first-order valence-electron chi connectivity index (χ1n) is 7.52. The molecule has 1 heterocycles. The molecule has 0 N–H and O–H groups in total. The van der Waals surface area contributed by atoms with Crippen LogP contribution in [0.1, 0.15) is 30.6 Å². The molecule has 5 nitrogen and oxygen atoms in total. The van der Waals surface area contributed by atoms with E-state index in [1.807, 2.05) is 30.3 Å². The molecule has 0 saturated heterocycles. The second-order valence-corrected chi connectivity index (χ2v) is 5.66. The van der Waals surface area contributed by atoms with Gasteiger partial charge in [-0.15, -0.1) is 0 Å². The van der Waals surface area contributed by atoms with Gasteiger partial charge >= 0.3 is 0 Å². The molecule has 0 fully saturated rings. The van der Waals surface area contributed by atoms with Crippen molar-refractivity contribution in [1.82, 2.24) is 9.78 Å². The summed E-state index contributed by atoms with van der Waals surface area (Å²) < 4.78 is 1.31. The number of rotatable bonds is 3. The van der Waals surface area contributed by atoms with Gasteiger partial charge in [0, 0.05) is 18.8 Å². The van der Waals surface area contributed by atoms with E-state index in [0.29, 0.717) is 0 Å². The lowest BCUT2D eigenvalue weighted by atomic mass is 10.2. The summed E-state index contributed by atoms with van der Waals surface area (Å²) in [6.07, 6.45) is 2.81. The maximum Gasteiger partial charge on any atom is 0.267 e. The van der Waals surface area contributed by atoms with Gasteiger partial charge in [-0.2, -0.15) is 5.10 Å². The molecule has 22 heavy (non-hydrogen) atoms. The van der Waals surface area contributed by atoms with E-state index in [4.69, 9.17) is 0 Å². The molecule has 1 atom stereocenters. The first-order chi connectivity index (χ1) is 10.6. The Bertz CT molecular complexity index is 752. The monoisotopic (exact) mass is 297 g/mol. The van der Waals surface area contributed by atoms with Gasteiger partial charge in [0.05, 0.1) is 5.69 Å². The minimum atomic E-state index is -0.622. The highest BCUT2D eigenvalue weighted by Gasteiger charge is 2.24. The number of nitrogens with zero attached hydrogens (tertiary/aromatic N) is 3. The second kappa shape index (κ2) is 5.75. The van der Waals surface area contributed by atoms with E-state index in [9.17, 15) is 9.59 Å². The van der Waals surface area contributed by atoms with Gasteiger partial charge in [-0.1, -0.05) is 18.2 Å². The minimum absolute atomic E-state index is 0.154. The Balaban J connectivity index is 1.89. The summed E-state index contributed by atoms with van der Waals surface area (Å²) in [6, 6.07) is 10.4. The largest absolute Gasteiger partial charge is 0.314 e. The number of carbonyl (C=O) groups excluding carboxylic acids is 1. The molecule has 0 spiro atoms. The van der Waals surface area contributed by atoms with Crippen molar-refractivity contribution in [1.29, 1.82) is 0 Å². The molecule has 0 radical (unpaired) electrons. The number of benzene rings is 1. The lowest BCUT2D eigenvalue weighted by Crippen LogP contribution is -2.38. The van der Waals surface area contributed by atoms with E-state index in [1.165, 1.54) is 4.68 Å². The zero-order valence-electron chi connectivity index (χ0n) is 12.8. The van der Waals surface area contributed by atoms with Crippen molar-refractivity contribution in [2.24, 2.45) is 0 Å². The van der Waals surface area contributed by atoms with Crippen molar-refractivity contribution in [3.8, 4) is 0 Å². The molecule has 3 rings (SSSR count). The first-order valence-corrected chi connectivity index (χ1v) is 7.52. The molecule has 1 aromatic heterocycles. The number of aromatic nitrogens is 2. The van der Waals surface area contributed by atoms with Crippen molar-refractivity contribution in [3.63, 3.8) is 0 Å². The van der Waals surface area contributed by atoms with Crippen molar-refractivity contribution in [3.05, 3.63) is 58.0 Å². The van der Waals surface area contributed by atoms with Gasteiger partial charge in [0.25, 0.3) is 11.5 Å². The molecular formula is C17H19N3O2. The van der Waals surface area contributed by atoms with E-state index in [-0.39, 0.29) is 11.5 Å². The lowest BCUT2D eigenvalue weighted by molar-refractivity contribution is -0.121. The van der Waals surface area contributed by atoms with Crippen LogP contribution in [0.25, 0.3) is 0 Å². The molecule has 2 aromatic rings.